The van der Waals surface area contributed by atoms with Gasteiger partial charge in [-0.1, -0.05) is 5.09 Å². The molecule has 1 rings (SSSR count). The summed E-state index contributed by atoms with van der Waals surface area (Å²) in [5.41, 5.74) is 0. The van der Waals surface area contributed by atoms with Crippen LogP contribution in [0.2, 0.25) is 0 Å². The van der Waals surface area contributed by atoms with Crippen LogP contribution in [0, 0.1) is 0 Å². The van der Waals surface area contributed by atoms with Gasteiger partial charge in [0.2, 0.25) is 0 Å². The van der Waals surface area contributed by atoms with Crippen LogP contribution in [0.5, 0.6) is 0 Å². The normalized spacial score (nSPS) is 34.9. The zero-order valence-corrected chi connectivity index (χ0v) is 8.24. The van der Waals surface area contributed by atoms with Gasteiger partial charge in [0.05, 0.1) is 18.8 Å². The Bertz CT molecular complexity index is 193. The molecule has 4 atom stereocenters. The molecule has 1 saturated heterocycles. The predicted molar refractivity (Wildman–Crippen MR) is 47.7 cm³/mol. The molecule has 0 amide bonds. The van der Waals surface area contributed by atoms with Gasteiger partial charge in [0.1, 0.15) is 7.85 Å². The number of ether oxygens (including phenoxy) is 2. The molecular formula is C6H12BNO4P+. The maximum Gasteiger partial charge on any atom is 0.610 e. The first-order valence-electron chi connectivity index (χ1n) is 3.95. The van der Waals surface area contributed by atoms with E-state index < -0.39 is 8.18 Å². The minimum absolute atomic E-state index is 0.205. The van der Waals surface area contributed by atoms with Crippen molar-refractivity contribution in [3.8, 4) is 0 Å². The molecule has 0 bridgehead atoms. The van der Waals surface area contributed by atoms with Crippen molar-refractivity contribution in [1.82, 2.24) is 5.09 Å². The van der Waals surface area contributed by atoms with Gasteiger partial charge in [0.15, 0.2) is 0 Å². The van der Waals surface area contributed by atoms with Gasteiger partial charge in [0, 0.05) is 13.1 Å². The Kier molecular flexibility index (Phi) is 4.29. The average molecular weight is 204 g/mol. The monoisotopic (exact) mass is 204 g/mol. The highest BCUT2D eigenvalue weighted by Crippen LogP contribution is 2.22. The first kappa shape index (κ1) is 11.1. The molecule has 1 heterocycles. The summed E-state index contributed by atoms with van der Waals surface area (Å²) in [5, 5.41) is 2.49. The Hall–Kier alpha value is 0.00494. The standard InChI is InChI=1S/C6H11BNO4P/c1-11-3-5-4(8-13(9)10)2-6(7)12-5/h4-6H,2-3H2,1H3,(H-,8,9,10)/p+1/t4?,5-,6-/m1/s1. The Morgan fingerprint density at radius 1 is 1.85 bits per heavy atom. The second kappa shape index (κ2) is 5.03. The van der Waals surface area contributed by atoms with Gasteiger partial charge >= 0.3 is 8.18 Å². The van der Waals surface area contributed by atoms with E-state index in [0.717, 1.165) is 0 Å². The molecule has 2 radical (unpaired) electrons. The van der Waals surface area contributed by atoms with E-state index in [2.05, 4.69) is 5.09 Å². The Morgan fingerprint density at radius 3 is 3.08 bits per heavy atom. The number of hydrogen-bond donors (Lipinski definition) is 2. The topological polar surface area (TPSA) is 67.8 Å². The van der Waals surface area contributed by atoms with Gasteiger partial charge in [-0.15, -0.1) is 4.89 Å². The van der Waals surface area contributed by atoms with Crippen LogP contribution < -0.4 is 5.09 Å². The van der Waals surface area contributed by atoms with E-state index in [4.69, 9.17) is 22.2 Å². The van der Waals surface area contributed by atoms with Crippen molar-refractivity contribution in [2.24, 2.45) is 0 Å². The molecule has 1 aliphatic heterocycles. The summed E-state index contributed by atoms with van der Waals surface area (Å²) < 4.78 is 20.7. The summed E-state index contributed by atoms with van der Waals surface area (Å²) in [6.45, 7) is 0.370. The van der Waals surface area contributed by atoms with Crippen LogP contribution in [0.25, 0.3) is 0 Å². The van der Waals surface area contributed by atoms with Crippen molar-refractivity contribution in [1.29, 1.82) is 0 Å². The Morgan fingerprint density at radius 2 is 2.54 bits per heavy atom. The van der Waals surface area contributed by atoms with E-state index in [-0.39, 0.29) is 18.1 Å². The summed E-state index contributed by atoms with van der Waals surface area (Å²) in [6.07, 6.45) is 0.279. The first-order valence-corrected chi connectivity index (χ1v) is 5.17. The SMILES string of the molecule is [B][C@H]1CC(N[P+](=O)O)[C@@H](COC)O1. The van der Waals surface area contributed by atoms with Crippen LogP contribution in [0.1, 0.15) is 6.42 Å². The van der Waals surface area contributed by atoms with Crippen molar-refractivity contribution in [2.75, 3.05) is 13.7 Å². The quantitative estimate of drug-likeness (QED) is 0.478. The minimum Gasteiger partial charge on any atom is -0.382 e. The summed E-state index contributed by atoms with van der Waals surface area (Å²) in [7, 11) is 4.71. The lowest BCUT2D eigenvalue weighted by molar-refractivity contribution is 0.0182. The zero-order chi connectivity index (χ0) is 9.84. The van der Waals surface area contributed by atoms with E-state index in [1.54, 1.807) is 7.11 Å². The van der Waals surface area contributed by atoms with E-state index in [1.807, 2.05) is 0 Å². The van der Waals surface area contributed by atoms with Crippen molar-refractivity contribution >= 4 is 16.0 Å². The molecule has 0 aliphatic carbocycles. The van der Waals surface area contributed by atoms with Gasteiger partial charge in [-0.25, -0.2) is 0 Å². The molecular weight excluding hydrogens is 192 g/mol. The number of rotatable bonds is 4. The summed E-state index contributed by atoms with van der Waals surface area (Å²) in [4.78, 5) is 8.65. The Balaban J connectivity index is 2.45. The van der Waals surface area contributed by atoms with E-state index in [0.29, 0.717) is 13.0 Å². The zero-order valence-electron chi connectivity index (χ0n) is 7.34. The molecule has 1 aliphatic rings. The predicted octanol–water partition coefficient (Wildman–Crippen LogP) is -0.476. The second-order valence-electron chi connectivity index (χ2n) is 2.91. The highest BCUT2D eigenvalue weighted by molar-refractivity contribution is 7.35. The fourth-order valence-corrected chi connectivity index (χ4v) is 1.93. The molecule has 2 N–H and O–H groups in total. The average Bonchev–Trinajstić information content (AvgIpc) is 2.31. The third-order valence-electron chi connectivity index (χ3n) is 1.89. The largest absolute Gasteiger partial charge is 0.610 e. The van der Waals surface area contributed by atoms with Crippen LogP contribution in [-0.2, 0) is 14.0 Å². The molecule has 0 aromatic rings. The van der Waals surface area contributed by atoms with Crippen molar-refractivity contribution in [2.45, 2.75) is 24.6 Å². The van der Waals surface area contributed by atoms with Crippen LogP contribution in [0.4, 0.5) is 0 Å². The van der Waals surface area contributed by atoms with Gasteiger partial charge in [0.25, 0.3) is 0 Å². The number of nitrogens with one attached hydrogen (secondary N) is 1. The van der Waals surface area contributed by atoms with Gasteiger partial charge < -0.3 is 9.47 Å². The summed E-state index contributed by atoms with van der Waals surface area (Å²) in [5.74, 6) is 0. The van der Waals surface area contributed by atoms with Gasteiger partial charge in [-0.05, 0) is 11.0 Å². The molecule has 7 heteroatoms. The molecule has 13 heavy (non-hydrogen) atoms. The highest BCUT2D eigenvalue weighted by atomic mass is 31.1. The van der Waals surface area contributed by atoms with Gasteiger partial charge in [-0.2, -0.15) is 0 Å². The minimum atomic E-state index is -2.36. The summed E-state index contributed by atoms with van der Waals surface area (Å²) in [6, 6.07) is -0.587. The molecule has 0 spiro atoms. The Labute approximate surface area is 79.1 Å². The van der Waals surface area contributed by atoms with Crippen molar-refractivity contribution in [3.05, 3.63) is 0 Å². The lowest BCUT2D eigenvalue weighted by Crippen LogP contribution is -2.35. The highest BCUT2D eigenvalue weighted by Gasteiger charge is 2.37. The van der Waals surface area contributed by atoms with Crippen LogP contribution in [-0.4, -0.2) is 44.6 Å². The maximum atomic E-state index is 10.5. The molecule has 0 saturated carbocycles. The van der Waals surface area contributed by atoms with Crippen LogP contribution in [0.3, 0.4) is 0 Å². The van der Waals surface area contributed by atoms with Crippen LogP contribution >= 0.6 is 8.18 Å². The van der Waals surface area contributed by atoms with E-state index in [9.17, 15) is 4.57 Å². The second-order valence-corrected chi connectivity index (χ2v) is 3.72. The molecule has 2 unspecified atom stereocenters. The molecule has 0 aromatic carbocycles. The number of hydrogen-bond acceptors (Lipinski definition) is 3. The lowest BCUT2D eigenvalue weighted by Gasteiger charge is -2.13. The number of methoxy groups -OCH3 is 1. The molecule has 1 fully saturated rings. The molecule has 72 valence electrons. The van der Waals surface area contributed by atoms with E-state index in [1.165, 1.54) is 0 Å². The first-order chi connectivity index (χ1) is 6.13. The van der Waals surface area contributed by atoms with Crippen molar-refractivity contribution in [3.63, 3.8) is 0 Å². The fourth-order valence-electron chi connectivity index (χ4n) is 1.37. The lowest BCUT2D eigenvalue weighted by atomic mass is 9.95. The van der Waals surface area contributed by atoms with Crippen molar-refractivity contribution < 1.29 is 18.9 Å². The molecule has 5 nitrogen and oxygen atoms in total. The smallest absolute Gasteiger partial charge is 0.382 e. The van der Waals surface area contributed by atoms with Crippen LogP contribution in [0.15, 0.2) is 0 Å². The third kappa shape index (κ3) is 3.33. The fraction of sp³-hybridized carbons (Fsp3) is 1.00. The maximum absolute atomic E-state index is 10.5. The molecule has 0 aromatic heterocycles. The van der Waals surface area contributed by atoms with Gasteiger partial charge in [-0.3, -0.25) is 0 Å². The summed E-state index contributed by atoms with van der Waals surface area (Å²) >= 11 is 0. The van der Waals surface area contributed by atoms with E-state index >= 15 is 0 Å². The third-order valence-corrected chi connectivity index (χ3v) is 2.44.